The van der Waals surface area contributed by atoms with Gasteiger partial charge in [0.1, 0.15) is 21.7 Å². The van der Waals surface area contributed by atoms with Crippen molar-refractivity contribution >= 4 is 23.2 Å². The van der Waals surface area contributed by atoms with Crippen LogP contribution in [0.15, 0.2) is 28.7 Å². The highest BCUT2D eigenvalue weighted by atomic mass is 32.1. The van der Waals surface area contributed by atoms with E-state index in [1.807, 2.05) is 13.8 Å². The van der Waals surface area contributed by atoms with Crippen LogP contribution in [-0.2, 0) is 0 Å². The van der Waals surface area contributed by atoms with Gasteiger partial charge in [-0.25, -0.2) is 4.39 Å². The molecular formula is C14H11FN2OS. The molecule has 0 saturated carbocycles. The number of H-pyrrole nitrogens is 1. The van der Waals surface area contributed by atoms with Gasteiger partial charge in [0.05, 0.1) is 0 Å². The Hall–Kier alpha value is -2.01. The molecule has 1 aromatic carbocycles. The predicted molar refractivity (Wildman–Crippen MR) is 74.1 cm³/mol. The second kappa shape index (κ2) is 4.28. The lowest BCUT2D eigenvalue weighted by Crippen LogP contribution is -1.95. The Balaban J connectivity index is 2.25. The van der Waals surface area contributed by atoms with Crippen molar-refractivity contribution in [3.05, 3.63) is 45.9 Å². The maximum Gasteiger partial charge on any atom is 0.155 e. The lowest BCUT2D eigenvalue weighted by Gasteiger charge is -2.04. The maximum atomic E-state index is 13.2. The van der Waals surface area contributed by atoms with Gasteiger partial charge in [-0.3, -0.25) is 5.10 Å². The zero-order valence-corrected chi connectivity index (χ0v) is 11.3. The molecule has 0 saturated heterocycles. The van der Waals surface area contributed by atoms with Crippen molar-refractivity contribution in [3.63, 3.8) is 0 Å². The number of rotatable bonds is 1. The smallest absolute Gasteiger partial charge is 0.155 e. The molecule has 0 radical (unpaired) electrons. The number of nitrogens with one attached hydrogen (secondary N) is 1. The Labute approximate surface area is 114 Å². The summed E-state index contributed by atoms with van der Waals surface area (Å²) in [5, 5.41) is 7.72. The highest BCUT2D eigenvalue weighted by Gasteiger charge is 2.12. The second-order valence-electron chi connectivity index (χ2n) is 4.44. The standard InChI is InChI=1S/C14H11FN2OS/c1-7-8(2)14(19)17-16-13(7)12-6-9-5-10(15)3-4-11(9)18-12/h3-6H,1-2H3,(H,17,19). The van der Waals surface area contributed by atoms with Crippen molar-refractivity contribution in [2.45, 2.75) is 13.8 Å². The van der Waals surface area contributed by atoms with E-state index in [1.54, 1.807) is 12.1 Å². The molecule has 2 heterocycles. The molecule has 0 bridgehead atoms. The van der Waals surface area contributed by atoms with Crippen LogP contribution in [0.1, 0.15) is 11.1 Å². The number of hydrogen-bond donors (Lipinski definition) is 1. The Morgan fingerprint density at radius 3 is 2.79 bits per heavy atom. The Morgan fingerprint density at radius 1 is 1.21 bits per heavy atom. The minimum atomic E-state index is -0.284. The molecule has 0 atom stereocenters. The molecule has 96 valence electrons. The number of benzene rings is 1. The van der Waals surface area contributed by atoms with Crippen LogP contribution >= 0.6 is 12.2 Å². The van der Waals surface area contributed by atoms with Crippen molar-refractivity contribution in [2.75, 3.05) is 0 Å². The number of nitrogens with zero attached hydrogens (tertiary/aromatic N) is 1. The summed E-state index contributed by atoms with van der Waals surface area (Å²) in [6, 6.07) is 6.21. The summed E-state index contributed by atoms with van der Waals surface area (Å²) in [5.41, 5.74) is 3.26. The summed E-state index contributed by atoms with van der Waals surface area (Å²) in [4.78, 5) is 0. The number of furan rings is 1. The first kappa shape index (κ1) is 12.0. The van der Waals surface area contributed by atoms with E-state index in [9.17, 15) is 4.39 Å². The first-order chi connectivity index (χ1) is 9.06. The highest BCUT2D eigenvalue weighted by molar-refractivity contribution is 7.71. The summed E-state index contributed by atoms with van der Waals surface area (Å²) in [7, 11) is 0. The Kier molecular flexibility index (Phi) is 2.71. The van der Waals surface area contributed by atoms with E-state index in [0.717, 1.165) is 16.5 Å². The van der Waals surface area contributed by atoms with Crippen molar-refractivity contribution < 1.29 is 8.81 Å². The van der Waals surface area contributed by atoms with Crippen LogP contribution < -0.4 is 0 Å². The minimum Gasteiger partial charge on any atom is -0.454 e. The van der Waals surface area contributed by atoms with Crippen molar-refractivity contribution in [1.29, 1.82) is 0 Å². The van der Waals surface area contributed by atoms with Crippen LogP contribution in [0.25, 0.3) is 22.4 Å². The van der Waals surface area contributed by atoms with Gasteiger partial charge in [-0.05, 0) is 49.2 Å². The fraction of sp³-hybridized carbons (Fsp3) is 0.143. The maximum absolute atomic E-state index is 13.2. The van der Waals surface area contributed by atoms with E-state index >= 15 is 0 Å². The van der Waals surface area contributed by atoms with Crippen LogP contribution in [-0.4, -0.2) is 10.2 Å². The second-order valence-corrected chi connectivity index (χ2v) is 4.85. The largest absolute Gasteiger partial charge is 0.454 e. The molecular weight excluding hydrogens is 263 g/mol. The summed E-state index contributed by atoms with van der Waals surface area (Å²) in [6.07, 6.45) is 0. The molecule has 5 heteroatoms. The van der Waals surface area contributed by atoms with E-state index in [2.05, 4.69) is 10.2 Å². The SMILES string of the molecule is Cc1c(-c2cc3cc(F)ccc3o2)n[nH]c(=S)c1C. The minimum absolute atomic E-state index is 0.284. The number of halogens is 1. The zero-order chi connectivity index (χ0) is 13.6. The number of aromatic nitrogens is 2. The lowest BCUT2D eigenvalue weighted by molar-refractivity contribution is 0.616. The van der Waals surface area contributed by atoms with Gasteiger partial charge < -0.3 is 4.42 Å². The lowest BCUT2D eigenvalue weighted by atomic mass is 10.1. The van der Waals surface area contributed by atoms with Gasteiger partial charge in [-0.1, -0.05) is 12.2 Å². The zero-order valence-electron chi connectivity index (χ0n) is 10.5. The number of hydrogen-bond acceptors (Lipinski definition) is 3. The monoisotopic (exact) mass is 274 g/mol. The summed E-state index contributed by atoms with van der Waals surface area (Å²) >= 11 is 5.13. The summed E-state index contributed by atoms with van der Waals surface area (Å²) < 4.78 is 19.5. The molecule has 0 fully saturated rings. The molecule has 0 aliphatic heterocycles. The van der Waals surface area contributed by atoms with Gasteiger partial charge >= 0.3 is 0 Å². The van der Waals surface area contributed by atoms with Crippen LogP contribution in [0.4, 0.5) is 4.39 Å². The van der Waals surface area contributed by atoms with Gasteiger partial charge in [-0.15, -0.1) is 0 Å². The molecule has 3 rings (SSSR count). The van der Waals surface area contributed by atoms with Crippen LogP contribution in [0, 0.1) is 24.3 Å². The summed E-state index contributed by atoms with van der Waals surface area (Å²) in [6.45, 7) is 3.87. The first-order valence-electron chi connectivity index (χ1n) is 5.81. The third-order valence-electron chi connectivity index (χ3n) is 3.24. The van der Waals surface area contributed by atoms with Gasteiger partial charge in [0, 0.05) is 5.39 Å². The topological polar surface area (TPSA) is 41.8 Å². The van der Waals surface area contributed by atoms with Crippen LogP contribution in [0.2, 0.25) is 0 Å². The van der Waals surface area contributed by atoms with E-state index in [-0.39, 0.29) is 5.82 Å². The van der Waals surface area contributed by atoms with E-state index in [1.165, 1.54) is 12.1 Å². The first-order valence-corrected chi connectivity index (χ1v) is 6.22. The molecule has 1 N–H and O–H groups in total. The van der Waals surface area contributed by atoms with E-state index < -0.39 is 0 Å². The number of fused-ring (bicyclic) bond motifs is 1. The van der Waals surface area contributed by atoms with Gasteiger partial charge in [0.15, 0.2) is 5.76 Å². The van der Waals surface area contributed by atoms with Crippen LogP contribution in [0.3, 0.4) is 0 Å². The summed E-state index contributed by atoms with van der Waals surface area (Å²) in [5.74, 6) is 0.320. The Bertz CT molecular complexity index is 835. The van der Waals surface area contributed by atoms with E-state index in [4.69, 9.17) is 16.6 Å². The van der Waals surface area contributed by atoms with Crippen molar-refractivity contribution in [3.8, 4) is 11.5 Å². The molecule has 0 unspecified atom stereocenters. The molecule has 0 spiro atoms. The average molecular weight is 274 g/mol. The predicted octanol–water partition coefficient (Wildman–Crippen LogP) is 4.31. The number of aromatic amines is 1. The third-order valence-corrected chi connectivity index (χ3v) is 3.64. The molecule has 0 amide bonds. The normalized spacial score (nSPS) is 11.1. The fourth-order valence-corrected chi connectivity index (χ4v) is 2.19. The molecule has 0 aliphatic carbocycles. The van der Waals surface area contributed by atoms with Crippen molar-refractivity contribution in [1.82, 2.24) is 10.2 Å². The van der Waals surface area contributed by atoms with Gasteiger partial charge in [-0.2, -0.15) is 5.10 Å². The Morgan fingerprint density at radius 2 is 2.00 bits per heavy atom. The van der Waals surface area contributed by atoms with Gasteiger partial charge in [0.25, 0.3) is 0 Å². The van der Waals surface area contributed by atoms with Gasteiger partial charge in [0.2, 0.25) is 0 Å². The fourth-order valence-electron chi connectivity index (χ4n) is 1.99. The highest BCUT2D eigenvalue weighted by Crippen LogP contribution is 2.29. The van der Waals surface area contributed by atoms with E-state index in [0.29, 0.717) is 21.7 Å². The molecule has 19 heavy (non-hydrogen) atoms. The quantitative estimate of drug-likeness (QED) is 0.672. The van der Waals surface area contributed by atoms with Crippen molar-refractivity contribution in [2.24, 2.45) is 0 Å². The average Bonchev–Trinajstić information content (AvgIpc) is 2.78. The molecule has 3 nitrogen and oxygen atoms in total. The molecule has 3 aromatic rings. The third kappa shape index (κ3) is 1.96. The van der Waals surface area contributed by atoms with Crippen LogP contribution in [0.5, 0.6) is 0 Å². The molecule has 2 aromatic heterocycles. The molecule has 0 aliphatic rings.